The summed E-state index contributed by atoms with van der Waals surface area (Å²) in [5, 5.41) is 0. The first kappa shape index (κ1) is 12.8. The van der Waals surface area contributed by atoms with Crippen molar-refractivity contribution in [1.29, 1.82) is 0 Å². The van der Waals surface area contributed by atoms with Gasteiger partial charge in [-0.25, -0.2) is 0 Å². The molecule has 0 aromatic heterocycles. The van der Waals surface area contributed by atoms with Crippen LogP contribution in [0.1, 0.15) is 29.8 Å². The van der Waals surface area contributed by atoms with E-state index in [0.29, 0.717) is 17.9 Å². The lowest BCUT2D eigenvalue weighted by Gasteiger charge is -2.10. The molecule has 0 atom stereocenters. The fourth-order valence-electron chi connectivity index (χ4n) is 1.27. The molecular formula is C13H15ClO2. The number of Topliss-reactive ketones (excluding diaryl/α,β-unsaturated/α-hetero) is 1. The van der Waals surface area contributed by atoms with Crippen LogP contribution in [0.3, 0.4) is 0 Å². The predicted molar refractivity (Wildman–Crippen MR) is 66.3 cm³/mol. The van der Waals surface area contributed by atoms with Crippen LogP contribution < -0.4 is 4.74 Å². The van der Waals surface area contributed by atoms with Crippen molar-refractivity contribution >= 4 is 17.4 Å². The molecule has 0 aliphatic rings. The van der Waals surface area contributed by atoms with Crippen molar-refractivity contribution in [3.63, 3.8) is 0 Å². The van der Waals surface area contributed by atoms with Crippen molar-refractivity contribution in [2.75, 3.05) is 6.61 Å². The van der Waals surface area contributed by atoms with E-state index in [1.807, 2.05) is 32.0 Å². The zero-order valence-corrected chi connectivity index (χ0v) is 10.5. The van der Waals surface area contributed by atoms with E-state index < -0.39 is 0 Å². The van der Waals surface area contributed by atoms with Crippen LogP contribution in [-0.4, -0.2) is 12.4 Å². The third-order valence-corrected chi connectivity index (χ3v) is 2.53. The highest BCUT2D eigenvalue weighted by molar-refractivity contribution is 6.25. The van der Waals surface area contributed by atoms with E-state index in [0.717, 1.165) is 11.1 Å². The molecule has 3 heteroatoms. The van der Waals surface area contributed by atoms with Gasteiger partial charge in [-0.3, -0.25) is 4.79 Å². The van der Waals surface area contributed by atoms with Crippen LogP contribution in [-0.2, 0) is 0 Å². The predicted octanol–water partition coefficient (Wildman–Crippen LogP) is 3.72. The number of carbonyl (C=O) groups excluding carboxylic acids is 1. The number of hydrogen-bond donors (Lipinski definition) is 0. The van der Waals surface area contributed by atoms with Crippen molar-refractivity contribution in [3.05, 3.63) is 40.4 Å². The molecule has 0 amide bonds. The molecular weight excluding hydrogens is 224 g/mol. The van der Waals surface area contributed by atoms with Crippen molar-refractivity contribution < 1.29 is 9.53 Å². The average molecular weight is 239 g/mol. The van der Waals surface area contributed by atoms with E-state index >= 15 is 0 Å². The zero-order valence-electron chi connectivity index (χ0n) is 9.71. The lowest BCUT2D eigenvalue weighted by Crippen LogP contribution is -2.03. The van der Waals surface area contributed by atoms with Gasteiger partial charge in [0.2, 0.25) is 0 Å². The first-order valence-electron chi connectivity index (χ1n) is 5.05. The molecule has 0 unspecified atom stereocenters. The quantitative estimate of drug-likeness (QED) is 0.748. The monoisotopic (exact) mass is 238 g/mol. The molecule has 0 spiro atoms. The molecule has 0 fully saturated rings. The molecule has 0 heterocycles. The number of aryl methyl sites for hydroxylation is 1. The second-order valence-electron chi connectivity index (χ2n) is 3.80. The topological polar surface area (TPSA) is 26.3 Å². The molecule has 0 saturated heterocycles. The minimum Gasteiger partial charge on any atom is -0.488 e. The van der Waals surface area contributed by atoms with Crippen molar-refractivity contribution in [3.8, 4) is 5.75 Å². The molecule has 0 saturated carbocycles. The highest BCUT2D eigenvalue weighted by Crippen LogP contribution is 2.21. The maximum atomic E-state index is 11.4. The average Bonchev–Trinajstić information content (AvgIpc) is 2.26. The minimum absolute atomic E-state index is 0.00575. The van der Waals surface area contributed by atoms with Crippen LogP contribution in [0.2, 0.25) is 0 Å². The first-order chi connectivity index (χ1) is 7.54. The number of halogens is 1. The summed E-state index contributed by atoms with van der Waals surface area (Å²) in [7, 11) is 0. The molecule has 0 aliphatic carbocycles. The van der Waals surface area contributed by atoms with Crippen LogP contribution in [0.25, 0.3) is 0 Å². The maximum absolute atomic E-state index is 11.4. The highest BCUT2D eigenvalue weighted by Gasteiger charge is 2.08. The molecule has 1 aromatic rings. The summed E-state index contributed by atoms with van der Waals surface area (Å²) in [6.45, 7) is 5.74. The Morgan fingerprint density at radius 3 is 2.69 bits per heavy atom. The van der Waals surface area contributed by atoms with Crippen LogP contribution >= 0.6 is 11.6 Å². The molecule has 0 N–H and O–H groups in total. The van der Waals surface area contributed by atoms with Crippen molar-refractivity contribution in [2.45, 2.75) is 20.8 Å². The van der Waals surface area contributed by atoms with E-state index in [-0.39, 0.29) is 5.78 Å². The summed E-state index contributed by atoms with van der Waals surface area (Å²) >= 11 is 5.54. The number of ether oxygens (including phenoxy) is 1. The van der Waals surface area contributed by atoms with Gasteiger partial charge >= 0.3 is 0 Å². The Balaban J connectivity index is 2.91. The Bertz CT molecular complexity index is 422. The van der Waals surface area contributed by atoms with Gasteiger partial charge in [0, 0.05) is 5.54 Å². The van der Waals surface area contributed by atoms with Crippen molar-refractivity contribution in [1.82, 2.24) is 0 Å². The lowest BCUT2D eigenvalue weighted by atomic mass is 10.1. The zero-order chi connectivity index (χ0) is 12.1. The molecule has 0 radical (unpaired) electrons. The van der Waals surface area contributed by atoms with Crippen LogP contribution in [0.5, 0.6) is 5.75 Å². The first-order valence-corrected chi connectivity index (χ1v) is 5.48. The minimum atomic E-state index is 0.00575. The van der Waals surface area contributed by atoms with Gasteiger partial charge in [0.15, 0.2) is 5.78 Å². The van der Waals surface area contributed by atoms with Gasteiger partial charge in [0.05, 0.1) is 5.56 Å². The number of hydrogen-bond acceptors (Lipinski definition) is 2. The standard InChI is InChI=1S/C13H15ClO2/c1-9-4-5-13(12(6-9)11(3)15)16-8-10(2)7-14/h4-7H,8H2,1-3H3/b10-7+. The van der Waals surface area contributed by atoms with Gasteiger partial charge in [-0.2, -0.15) is 0 Å². The smallest absolute Gasteiger partial charge is 0.163 e. The second kappa shape index (κ2) is 5.71. The summed E-state index contributed by atoms with van der Waals surface area (Å²) < 4.78 is 5.53. The number of benzene rings is 1. The van der Waals surface area contributed by atoms with Gasteiger partial charge in [-0.05, 0) is 38.5 Å². The van der Waals surface area contributed by atoms with Crippen LogP contribution in [0, 0.1) is 6.92 Å². The largest absolute Gasteiger partial charge is 0.488 e. The number of carbonyl (C=O) groups is 1. The lowest BCUT2D eigenvalue weighted by molar-refractivity contribution is 0.101. The van der Waals surface area contributed by atoms with Crippen LogP contribution in [0.15, 0.2) is 29.3 Å². The summed E-state index contributed by atoms with van der Waals surface area (Å²) in [6, 6.07) is 5.56. The Hall–Kier alpha value is -1.28. The van der Waals surface area contributed by atoms with Gasteiger partial charge in [0.25, 0.3) is 0 Å². The van der Waals surface area contributed by atoms with Crippen molar-refractivity contribution in [2.24, 2.45) is 0 Å². The third kappa shape index (κ3) is 3.38. The van der Waals surface area contributed by atoms with Gasteiger partial charge in [-0.1, -0.05) is 23.2 Å². The summed E-state index contributed by atoms with van der Waals surface area (Å²) in [5.41, 5.74) is 4.04. The van der Waals surface area contributed by atoms with Gasteiger partial charge in [0.1, 0.15) is 12.4 Å². The van der Waals surface area contributed by atoms with E-state index in [1.165, 1.54) is 12.5 Å². The molecule has 1 aromatic carbocycles. The Morgan fingerprint density at radius 2 is 2.12 bits per heavy atom. The number of ketones is 1. The van der Waals surface area contributed by atoms with Gasteiger partial charge < -0.3 is 4.74 Å². The SMILES string of the molecule is CC(=O)c1cc(C)ccc1OC/C(C)=C/Cl. The third-order valence-electron chi connectivity index (χ3n) is 2.16. The molecule has 16 heavy (non-hydrogen) atoms. The second-order valence-corrected chi connectivity index (χ2v) is 4.02. The molecule has 0 aliphatic heterocycles. The molecule has 86 valence electrons. The molecule has 1 rings (SSSR count). The van der Waals surface area contributed by atoms with E-state index in [1.54, 1.807) is 0 Å². The van der Waals surface area contributed by atoms with Gasteiger partial charge in [-0.15, -0.1) is 0 Å². The fraction of sp³-hybridized carbons (Fsp3) is 0.308. The van der Waals surface area contributed by atoms with E-state index in [4.69, 9.17) is 16.3 Å². The van der Waals surface area contributed by atoms with E-state index in [2.05, 4.69) is 0 Å². The molecule has 2 nitrogen and oxygen atoms in total. The van der Waals surface area contributed by atoms with E-state index in [9.17, 15) is 4.79 Å². The Labute approximate surface area is 101 Å². The Morgan fingerprint density at radius 1 is 1.44 bits per heavy atom. The maximum Gasteiger partial charge on any atom is 0.163 e. The summed E-state index contributed by atoms with van der Waals surface area (Å²) in [5.74, 6) is 0.613. The molecule has 0 bridgehead atoms. The highest BCUT2D eigenvalue weighted by atomic mass is 35.5. The summed E-state index contributed by atoms with van der Waals surface area (Å²) in [4.78, 5) is 11.4. The van der Waals surface area contributed by atoms with Crippen LogP contribution in [0.4, 0.5) is 0 Å². The normalized spacial score (nSPS) is 11.4. The fourth-order valence-corrected chi connectivity index (χ4v) is 1.33. The summed E-state index contributed by atoms with van der Waals surface area (Å²) in [6.07, 6.45) is 0. The number of rotatable bonds is 4. The Kier molecular flexibility index (Phi) is 4.56.